The Kier molecular flexibility index (Phi) is 7.65. The van der Waals surface area contributed by atoms with Crippen LogP contribution in [0.2, 0.25) is 0 Å². The van der Waals surface area contributed by atoms with Crippen molar-refractivity contribution < 1.29 is 14.3 Å². The summed E-state index contributed by atoms with van der Waals surface area (Å²) in [5, 5.41) is 3.38. The van der Waals surface area contributed by atoms with Gasteiger partial charge in [-0.15, -0.1) is 12.4 Å². The number of halogens is 1. The van der Waals surface area contributed by atoms with Crippen LogP contribution in [0.3, 0.4) is 0 Å². The molecule has 1 fully saturated rings. The number of rotatable bonds is 5. The SMILES string of the molecule is COCCOc1cccc(C(=O)N2CCNC(C)C2C)c1.Cl. The Labute approximate surface area is 138 Å². The average molecular weight is 329 g/mol. The van der Waals surface area contributed by atoms with E-state index in [0.29, 0.717) is 30.6 Å². The minimum atomic E-state index is 0. The van der Waals surface area contributed by atoms with E-state index in [4.69, 9.17) is 9.47 Å². The largest absolute Gasteiger partial charge is 0.491 e. The van der Waals surface area contributed by atoms with Crippen molar-refractivity contribution in [3.05, 3.63) is 29.8 Å². The van der Waals surface area contributed by atoms with Crippen LogP contribution in [0, 0.1) is 0 Å². The number of nitrogens with one attached hydrogen (secondary N) is 1. The Morgan fingerprint density at radius 1 is 1.36 bits per heavy atom. The monoisotopic (exact) mass is 328 g/mol. The Hall–Kier alpha value is -1.30. The van der Waals surface area contributed by atoms with Crippen LogP contribution in [-0.4, -0.2) is 56.3 Å². The van der Waals surface area contributed by atoms with Gasteiger partial charge in [0.1, 0.15) is 12.4 Å². The van der Waals surface area contributed by atoms with Crippen molar-refractivity contribution in [3.8, 4) is 5.75 Å². The summed E-state index contributed by atoms with van der Waals surface area (Å²) in [6.07, 6.45) is 0. The predicted molar refractivity (Wildman–Crippen MR) is 89.0 cm³/mol. The van der Waals surface area contributed by atoms with Crippen molar-refractivity contribution in [2.24, 2.45) is 0 Å². The third kappa shape index (κ3) is 4.60. The van der Waals surface area contributed by atoms with Gasteiger partial charge in [0.25, 0.3) is 5.91 Å². The van der Waals surface area contributed by atoms with Crippen LogP contribution in [0.25, 0.3) is 0 Å². The zero-order chi connectivity index (χ0) is 15.2. The Balaban J connectivity index is 0.00000242. The van der Waals surface area contributed by atoms with Crippen LogP contribution >= 0.6 is 12.4 Å². The first kappa shape index (κ1) is 18.7. The van der Waals surface area contributed by atoms with Crippen LogP contribution in [0.15, 0.2) is 24.3 Å². The summed E-state index contributed by atoms with van der Waals surface area (Å²) in [5.41, 5.74) is 0.672. The molecule has 1 aliphatic rings. The summed E-state index contributed by atoms with van der Waals surface area (Å²) >= 11 is 0. The second-order valence-electron chi connectivity index (χ2n) is 5.35. The van der Waals surface area contributed by atoms with Gasteiger partial charge in [-0.1, -0.05) is 6.07 Å². The van der Waals surface area contributed by atoms with Crippen LogP contribution in [-0.2, 0) is 4.74 Å². The molecule has 22 heavy (non-hydrogen) atoms. The lowest BCUT2D eigenvalue weighted by Gasteiger charge is -2.38. The van der Waals surface area contributed by atoms with E-state index >= 15 is 0 Å². The molecule has 2 unspecified atom stereocenters. The van der Waals surface area contributed by atoms with Gasteiger partial charge in [-0.2, -0.15) is 0 Å². The molecule has 1 N–H and O–H groups in total. The van der Waals surface area contributed by atoms with Crippen LogP contribution < -0.4 is 10.1 Å². The highest BCUT2D eigenvalue weighted by atomic mass is 35.5. The van der Waals surface area contributed by atoms with Gasteiger partial charge in [0.15, 0.2) is 0 Å². The van der Waals surface area contributed by atoms with Gasteiger partial charge in [0.05, 0.1) is 6.61 Å². The lowest BCUT2D eigenvalue weighted by molar-refractivity contribution is 0.0602. The minimum Gasteiger partial charge on any atom is -0.491 e. The standard InChI is InChI=1S/C16H24N2O3.ClH/c1-12-13(2)18(8-7-17-12)16(19)14-5-4-6-15(11-14)21-10-9-20-3;/h4-6,11-13,17H,7-10H2,1-3H3;1H. The molecule has 0 saturated carbocycles. The number of carbonyl (C=O) groups excluding carboxylic acids is 1. The van der Waals surface area contributed by atoms with Crippen molar-refractivity contribution in [1.82, 2.24) is 10.2 Å². The number of carbonyl (C=O) groups is 1. The van der Waals surface area contributed by atoms with E-state index in [1.54, 1.807) is 13.2 Å². The number of hydrogen-bond acceptors (Lipinski definition) is 4. The van der Waals surface area contributed by atoms with Gasteiger partial charge < -0.3 is 19.7 Å². The van der Waals surface area contributed by atoms with E-state index < -0.39 is 0 Å². The van der Waals surface area contributed by atoms with Crippen molar-refractivity contribution in [2.45, 2.75) is 25.9 Å². The van der Waals surface area contributed by atoms with E-state index in [1.165, 1.54) is 0 Å². The van der Waals surface area contributed by atoms with Crippen molar-refractivity contribution >= 4 is 18.3 Å². The fraction of sp³-hybridized carbons (Fsp3) is 0.562. The van der Waals surface area contributed by atoms with Gasteiger partial charge >= 0.3 is 0 Å². The van der Waals surface area contributed by atoms with Crippen molar-refractivity contribution in [2.75, 3.05) is 33.4 Å². The van der Waals surface area contributed by atoms with Crippen LogP contribution in [0.1, 0.15) is 24.2 Å². The predicted octanol–water partition coefficient (Wildman–Crippen LogP) is 1.96. The number of hydrogen-bond donors (Lipinski definition) is 1. The third-order valence-corrected chi connectivity index (χ3v) is 3.93. The quantitative estimate of drug-likeness (QED) is 0.839. The number of ether oxygens (including phenoxy) is 2. The first-order chi connectivity index (χ1) is 10.1. The topological polar surface area (TPSA) is 50.8 Å². The van der Waals surface area contributed by atoms with E-state index in [-0.39, 0.29) is 24.4 Å². The first-order valence-corrected chi connectivity index (χ1v) is 7.39. The molecule has 0 aliphatic carbocycles. The molecule has 0 bridgehead atoms. The molecule has 0 aromatic heterocycles. The highest BCUT2D eigenvalue weighted by Crippen LogP contribution is 2.18. The summed E-state index contributed by atoms with van der Waals surface area (Å²) < 4.78 is 10.5. The second-order valence-corrected chi connectivity index (χ2v) is 5.35. The van der Waals surface area contributed by atoms with Crippen LogP contribution in [0.5, 0.6) is 5.75 Å². The zero-order valence-corrected chi connectivity index (χ0v) is 14.2. The number of amides is 1. The number of nitrogens with zero attached hydrogens (tertiary/aromatic N) is 1. The molecule has 1 aromatic rings. The fourth-order valence-electron chi connectivity index (χ4n) is 2.47. The molecule has 1 heterocycles. The normalized spacial score (nSPS) is 21.1. The number of benzene rings is 1. The third-order valence-electron chi connectivity index (χ3n) is 3.93. The van der Waals surface area contributed by atoms with Crippen molar-refractivity contribution in [3.63, 3.8) is 0 Å². The highest BCUT2D eigenvalue weighted by molar-refractivity contribution is 5.95. The molecule has 5 nitrogen and oxygen atoms in total. The number of methoxy groups -OCH3 is 1. The summed E-state index contributed by atoms with van der Waals surface area (Å²) in [5.74, 6) is 0.766. The molecule has 2 atom stereocenters. The fourth-order valence-corrected chi connectivity index (χ4v) is 2.47. The number of piperazine rings is 1. The molecular weight excluding hydrogens is 304 g/mol. The van der Waals surface area contributed by atoms with Gasteiger partial charge in [0.2, 0.25) is 0 Å². The maximum Gasteiger partial charge on any atom is 0.254 e. The maximum absolute atomic E-state index is 12.7. The van der Waals surface area contributed by atoms with Crippen LogP contribution in [0.4, 0.5) is 0 Å². The molecular formula is C16H25ClN2O3. The summed E-state index contributed by atoms with van der Waals surface area (Å²) in [6, 6.07) is 7.85. The van der Waals surface area contributed by atoms with Gasteiger partial charge in [0, 0.05) is 37.8 Å². The highest BCUT2D eigenvalue weighted by Gasteiger charge is 2.28. The van der Waals surface area contributed by atoms with Gasteiger partial charge in [-0.25, -0.2) is 0 Å². The molecule has 1 aromatic carbocycles. The molecule has 0 radical (unpaired) electrons. The smallest absolute Gasteiger partial charge is 0.254 e. The minimum absolute atomic E-state index is 0. The molecule has 0 spiro atoms. The molecule has 2 rings (SSSR count). The van der Waals surface area contributed by atoms with E-state index in [9.17, 15) is 4.79 Å². The van der Waals surface area contributed by atoms with E-state index in [1.807, 2.05) is 23.1 Å². The van der Waals surface area contributed by atoms with Gasteiger partial charge in [-0.3, -0.25) is 4.79 Å². The molecule has 1 saturated heterocycles. The summed E-state index contributed by atoms with van der Waals surface area (Å²) in [7, 11) is 1.64. The molecule has 6 heteroatoms. The Morgan fingerprint density at radius 2 is 2.14 bits per heavy atom. The second kappa shape index (κ2) is 8.98. The Bertz CT molecular complexity index is 484. The average Bonchev–Trinajstić information content (AvgIpc) is 2.50. The lowest BCUT2D eigenvalue weighted by Crippen LogP contribution is -2.57. The molecule has 1 aliphatic heterocycles. The first-order valence-electron chi connectivity index (χ1n) is 7.39. The van der Waals surface area contributed by atoms with E-state index in [0.717, 1.165) is 13.1 Å². The van der Waals surface area contributed by atoms with Gasteiger partial charge in [-0.05, 0) is 32.0 Å². The molecule has 1 amide bonds. The van der Waals surface area contributed by atoms with Crippen molar-refractivity contribution in [1.29, 1.82) is 0 Å². The summed E-state index contributed by atoms with van der Waals surface area (Å²) in [6.45, 7) is 6.77. The maximum atomic E-state index is 12.7. The lowest BCUT2D eigenvalue weighted by atomic mass is 10.1. The summed E-state index contributed by atoms with van der Waals surface area (Å²) in [4.78, 5) is 14.6. The van der Waals surface area contributed by atoms with E-state index in [2.05, 4.69) is 19.2 Å². The molecule has 124 valence electrons. The zero-order valence-electron chi connectivity index (χ0n) is 13.4. The Morgan fingerprint density at radius 3 is 2.86 bits per heavy atom.